The average molecular weight is 271 g/mol. The van der Waals surface area contributed by atoms with Crippen LogP contribution >= 0.6 is 0 Å². The molecule has 1 aromatic carbocycles. The van der Waals surface area contributed by atoms with Crippen LogP contribution in [-0.2, 0) is 0 Å². The second kappa shape index (κ2) is 5.04. The van der Waals surface area contributed by atoms with E-state index in [-0.39, 0.29) is 0 Å². The van der Waals surface area contributed by atoms with Crippen LogP contribution < -0.4 is 14.8 Å². The van der Waals surface area contributed by atoms with E-state index in [1.54, 1.807) is 30.9 Å². The first-order valence-corrected chi connectivity index (χ1v) is 5.98. The molecule has 102 valence electrons. The fourth-order valence-corrected chi connectivity index (χ4v) is 1.83. The third kappa shape index (κ3) is 2.09. The molecule has 0 unspecified atom stereocenters. The molecule has 0 saturated heterocycles. The summed E-state index contributed by atoms with van der Waals surface area (Å²) in [6.45, 7) is 0. The van der Waals surface area contributed by atoms with E-state index in [9.17, 15) is 0 Å². The summed E-state index contributed by atoms with van der Waals surface area (Å²) < 4.78 is 12.0. The van der Waals surface area contributed by atoms with Gasteiger partial charge in [-0.25, -0.2) is 0 Å². The van der Waals surface area contributed by atoms with Crippen molar-refractivity contribution in [1.82, 2.24) is 19.8 Å². The van der Waals surface area contributed by atoms with Crippen molar-refractivity contribution >= 4 is 17.3 Å². The molecule has 0 aliphatic rings. The van der Waals surface area contributed by atoms with Gasteiger partial charge in [-0.15, -0.1) is 15.3 Å². The summed E-state index contributed by atoms with van der Waals surface area (Å²) in [6, 6.07) is 11.1. The van der Waals surface area contributed by atoms with Gasteiger partial charge in [-0.05, 0) is 18.2 Å². The highest BCUT2D eigenvalue weighted by Crippen LogP contribution is 2.26. The number of fused-ring (bicyclic) bond motifs is 1. The molecule has 7 nitrogen and oxygen atoms in total. The Balaban J connectivity index is 2.02. The van der Waals surface area contributed by atoms with E-state index < -0.39 is 0 Å². The van der Waals surface area contributed by atoms with E-state index in [0.29, 0.717) is 23.2 Å². The van der Waals surface area contributed by atoms with Gasteiger partial charge < -0.3 is 14.8 Å². The Morgan fingerprint density at radius 2 is 1.85 bits per heavy atom. The molecule has 3 aromatic rings. The number of nitrogens with zero attached hydrogens (tertiary/aromatic N) is 4. The molecule has 0 atom stereocenters. The summed E-state index contributed by atoms with van der Waals surface area (Å²) in [5.41, 5.74) is 1.41. The van der Waals surface area contributed by atoms with Gasteiger partial charge in [-0.1, -0.05) is 12.1 Å². The van der Waals surface area contributed by atoms with Gasteiger partial charge in [-0.3, -0.25) is 0 Å². The van der Waals surface area contributed by atoms with Gasteiger partial charge in [0.25, 0.3) is 5.95 Å². The smallest absolute Gasteiger partial charge is 0.250 e. The number of methoxy groups -OCH3 is 2. The fourth-order valence-electron chi connectivity index (χ4n) is 1.83. The van der Waals surface area contributed by atoms with Crippen molar-refractivity contribution in [3.8, 4) is 11.6 Å². The van der Waals surface area contributed by atoms with Crippen molar-refractivity contribution in [3.05, 3.63) is 36.4 Å². The molecule has 0 amide bonds. The molecule has 0 bridgehead atoms. The maximum Gasteiger partial charge on any atom is 0.250 e. The summed E-state index contributed by atoms with van der Waals surface area (Å²) in [7, 11) is 3.18. The molecule has 0 aliphatic carbocycles. The quantitative estimate of drug-likeness (QED) is 0.781. The van der Waals surface area contributed by atoms with E-state index >= 15 is 0 Å². The standard InChI is InChI=1S/C13H13N5O2/c1-19-10-6-4-3-5-9(10)14-13-16-15-11-7-8-12(20-2)17-18(11)13/h3-8H,1-2H3,(H,14,16). The van der Waals surface area contributed by atoms with Gasteiger partial charge in [0.1, 0.15) is 5.75 Å². The second-order valence-electron chi connectivity index (χ2n) is 3.99. The lowest BCUT2D eigenvalue weighted by atomic mass is 10.3. The molecule has 3 rings (SSSR count). The Bertz CT molecular complexity index is 740. The van der Waals surface area contributed by atoms with Crippen LogP contribution in [0.2, 0.25) is 0 Å². The van der Waals surface area contributed by atoms with Crippen molar-refractivity contribution < 1.29 is 9.47 Å². The van der Waals surface area contributed by atoms with Gasteiger partial charge in [0.05, 0.1) is 19.9 Å². The van der Waals surface area contributed by atoms with E-state index in [1.807, 2.05) is 24.3 Å². The maximum atomic E-state index is 5.29. The lowest BCUT2D eigenvalue weighted by Gasteiger charge is -2.08. The fraction of sp³-hybridized carbons (Fsp3) is 0.154. The minimum absolute atomic E-state index is 0.486. The van der Waals surface area contributed by atoms with E-state index in [0.717, 1.165) is 5.69 Å². The molecule has 0 aliphatic heterocycles. The monoisotopic (exact) mass is 271 g/mol. The van der Waals surface area contributed by atoms with Crippen LogP contribution in [-0.4, -0.2) is 34.0 Å². The van der Waals surface area contributed by atoms with Crippen molar-refractivity contribution in [2.45, 2.75) is 0 Å². The second-order valence-corrected chi connectivity index (χ2v) is 3.99. The number of rotatable bonds is 4. The van der Waals surface area contributed by atoms with Crippen molar-refractivity contribution in [2.75, 3.05) is 19.5 Å². The van der Waals surface area contributed by atoms with Crippen molar-refractivity contribution in [3.63, 3.8) is 0 Å². The van der Waals surface area contributed by atoms with Crippen LogP contribution in [0.4, 0.5) is 11.6 Å². The van der Waals surface area contributed by atoms with Gasteiger partial charge in [-0.2, -0.15) is 4.52 Å². The van der Waals surface area contributed by atoms with E-state index in [4.69, 9.17) is 9.47 Å². The van der Waals surface area contributed by atoms with Crippen molar-refractivity contribution in [1.29, 1.82) is 0 Å². The highest BCUT2D eigenvalue weighted by molar-refractivity contribution is 5.63. The predicted octanol–water partition coefficient (Wildman–Crippen LogP) is 1.89. The molecule has 0 fully saturated rings. The first kappa shape index (κ1) is 12.2. The third-order valence-electron chi connectivity index (χ3n) is 2.80. The Labute approximate surface area is 115 Å². The SMILES string of the molecule is COc1ccc2nnc(Nc3ccccc3OC)n2n1. The molecular weight excluding hydrogens is 258 g/mol. The van der Waals surface area contributed by atoms with Gasteiger partial charge >= 0.3 is 0 Å². The number of nitrogens with one attached hydrogen (secondary N) is 1. The Kier molecular flexibility index (Phi) is 3.08. The lowest BCUT2D eigenvalue weighted by Crippen LogP contribution is -2.02. The molecule has 0 radical (unpaired) electrons. The van der Waals surface area contributed by atoms with Crippen LogP contribution in [0.1, 0.15) is 0 Å². The van der Waals surface area contributed by atoms with Crippen LogP contribution in [0.3, 0.4) is 0 Å². The molecule has 2 aromatic heterocycles. The van der Waals surface area contributed by atoms with Gasteiger partial charge in [0, 0.05) is 6.07 Å². The van der Waals surface area contributed by atoms with Crippen LogP contribution in [0, 0.1) is 0 Å². The first-order valence-electron chi connectivity index (χ1n) is 5.98. The zero-order valence-corrected chi connectivity index (χ0v) is 11.1. The summed E-state index contributed by atoms with van der Waals surface area (Å²) >= 11 is 0. The predicted molar refractivity (Wildman–Crippen MR) is 73.6 cm³/mol. The highest BCUT2D eigenvalue weighted by Gasteiger charge is 2.10. The molecule has 20 heavy (non-hydrogen) atoms. The number of hydrogen-bond donors (Lipinski definition) is 1. The normalized spacial score (nSPS) is 10.5. The largest absolute Gasteiger partial charge is 0.495 e. The molecule has 7 heteroatoms. The Morgan fingerprint density at radius 1 is 1.00 bits per heavy atom. The Hall–Kier alpha value is -2.83. The molecule has 0 spiro atoms. The topological polar surface area (TPSA) is 73.6 Å². The van der Waals surface area contributed by atoms with Gasteiger partial charge in [0.2, 0.25) is 5.88 Å². The van der Waals surface area contributed by atoms with E-state index in [2.05, 4.69) is 20.6 Å². The number of para-hydroxylation sites is 2. The molecule has 2 heterocycles. The summed E-state index contributed by atoms with van der Waals surface area (Å²) in [5.74, 6) is 1.69. The third-order valence-corrected chi connectivity index (χ3v) is 2.80. The summed E-state index contributed by atoms with van der Waals surface area (Å²) in [6.07, 6.45) is 0. The number of benzene rings is 1. The minimum atomic E-state index is 0.486. The lowest BCUT2D eigenvalue weighted by molar-refractivity contribution is 0.390. The highest BCUT2D eigenvalue weighted by atomic mass is 16.5. The minimum Gasteiger partial charge on any atom is -0.495 e. The van der Waals surface area contributed by atoms with Crippen LogP contribution in [0.5, 0.6) is 11.6 Å². The zero-order valence-electron chi connectivity index (χ0n) is 11.1. The Morgan fingerprint density at radius 3 is 2.65 bits per heavy atom. The number of ether oxygens (including phenoxy) is 2. The first-order chi connectivity index (χ1) is 9.81. The van der Waals surface area contributed by atoms with E-state index in [1.165, 1.54) is 0 Å². The van der Waals surface area contributed by atoms with Crippen LogP contribution in [0.25, 0.3) is 5.65 Å². The zero-order chi connectivity index (χ0) is 13.9. The molecule has 1 N–H and O–H groups in total. The van der Waals surface area contributed by atoms with Crippen molar-refractivity contribution in [2.24, 2.45) is 0 Å². The number of aromatic nitrogens is 4. The van der Waals surface area contributed by atoms with Gasteiger partial charge in [0.15, 0.2) is 5.65 Å². The number of anilines is 2. The number of hydrogen-bond acceptors (Lipinski definition) is 6. The van der Waals surface area contributed by atoms with Crippen LogP contribution in [0.15, 0.2) is 36.4 Å². The maximum absolute atomic E-state index is 5.29. The summed E-state index contributed by atoms with van der Waals surface area (Å²) in [5, 5.41) is 15.5. The average Bonchev–Trinajstić information content (AvgIpc) is 2.90. The molecular formula is C13H13N5O2. The summed E-state index contributed by atoms with van der Waals surface area (Å²) in [4.78, 5) is 0. The molecule has 0 saturated carbocycles.